The zero-order valence-corrected chi connectivity index (χ0v) is 17.0. The number of methoxy groups -OCH3 is 1. The number of sulfone groups is 1. The van der Waals surface area contributed by atoms with Gasteiger partial charge in [-0.05, 0) is 41.9 Å². The molecular formula is C19H15Cl2N3O3S. The van der Waals surface area contributed by atoms with Crippen LogP contribution < -0.4 is 4.74 Å². The fraction of sp³-hybridized carbons (Fsp3) is 0.105. The SMILES string of the molecule is COc1nc(CS(=O)(=O)c2ccccc2Cl)ccc1/C=C/c1cnc(Cl)nc1. The third-order valence-corrected chi connectivity index (χ3v) is 6.08. The number of aromatic nitrogens is 3. The first-order valence-corrected chi connectivity index (χ1v) is 10.5. The summed E-state index contributed by atoms with van der Waals surface area (Å²) in [5.74, 6) is 0.0141. The number of ether oxygens (including phenoxy) is 1. The summed E-state index contributed by atoms with van der Waals surface area (Å²) in [5.41, 5.74) is 1.77. The van der Waals surface area contributed by atoms with E-state index >= 15 is 0 Å². The Balaban J connectivity index is 1.85. The van der Waals surface area contributed by atoms with Gasteiger partial charge in [0.2, 0.25) is 11.2 Å². The lowest BCUT2D eigenvalue weighted by Gasteiger charge is -2.09. The Bertz CT molecular complexity index is 1120. The van der Waals surface area contributed by atoms with Crippen LogP contribution in [0.5, 0.6) is 5.88 Å². The molecule has 0 radical (unpaired) electrons. The average Bonchev–Trinajstić information content (AvgIpc) is 2.68. The van der Waals surface area contributed by atoms with Crippen molar-refractivity contribution in [2.24, 2.45) is 0 Å². The molecule has 2 aromatic heterocycles. The number of benzene rings is 1. The first kappa shape index (κ1) is 20.3. The van der Waals surface area contributed by atoms with Gasteiger partial charge in [0.05, 0.1) is 28.5 Å². The van der Waals surface area contributed by atoms with Crippen LogP contribution in [-0.2, 0) is 15.6 Å². The number of hydrogen-bond donors (Lipinski definition) is 0. The summed E-state index contributed by atoms with van der Waals surface area (Å²) >= 11 is 11.7. The van der Waals surface area contributed by atoms with Gasteiger partial charge < -0.3 is 4.74 Å². The van der Waals surface area contributed by atoms with Crippen LogP contribution >= 0.6 is 23.2 Å². The molecule has 3 aromatic rings. The predicted octanol–water partition coefficient (Wildman–Crippen LogP) is 4.33. The maximum atomic E-state index is 12.6. The highest BCUT2D eigenvalue weighted by atomic mass is 35.5. The molecule has 0 N–H and O–H groups in total. The van der Waals surface area contributed by atoms with Gasteiger partial charge in [0.15, 0.2) is 9.84 Å². The third kappa shape index (κ3) is 4.86. The molecule has 0 aliphatic carbocycles. The van der Waals surface area contributed by atoms with Crippen LogP contribution in [0.2, 0.25) is 10.3 Å². The van der Waals surface area contributed by atoms with Gasteiger partial charge in [-0.1, -0.05) is 29.8 Å². The van der Waals surface area contributed by atoms with Crippen LogP contribution in [0.3, 0.4) is 0 Å². The fourth-order valence-electron chi connectivity index (χ4n) is 2.42. The Morgan fingerprint density at radius 2 is 1.75 bits per heavy atom. The first-order valence-electron chi connectivity index (χ1n) is 8.06. The summed E-state index contributed by atoms with van der Waals surface area (Å²) in [7, 11) is -2.17. The van der Waals surface area contributed by atoms with E-state index in [0.29, 0.717) is 17.1 Å². The number of hydrogen-bond acceptors (Lipinski definition) is 6. The summed E-state index contributed by atoms with van der Waals surface area (Å²) < 4.78 is 30.6. The largest absolute Gasteiger partial charge is 0.481 e. The molecule has 0 fully saturated rings. The van der Waals surface area contributed by atoms with Gasteiger partial charge in [-0.25, -0.2) is 23.4 Å². The lowest BCUT2D eigenvalue weighted by atomic mass is 10.2. The van der Waals surface area contributed by atoms with Gasteiger partial charge in [0.1, 0.15) is 0 Å². The highest BCUT2D eigenvalue weighted by Gasteiger charge is 2.20. The molecule has 28 heavy (non-hydrogen) atoms. The Morgan fingerprint density at radius 3 is 2.43 bits per heavy atom. The van der Waals surface area contributed by atoms with Gasteiger partial charge in [0.25, 0.3) is 0 Å². The molecule has 0 saturated heterocycles. The predicted molar refractivity (Wildman–Crippen MR) is 109 cm³/mol. The van der Waals surface area contributed by atoms with E-state index in [-0.39, 0.29) is 21.0 Å². The molecule has 0 amide bonds. The van der Waals surface area contributed by atoms with E-state index in [9.17, 15) is 8.42 Å². The monoisotopic (exact) mass is 435 g/mol. The summed E-state index contributed by atoms with van der Waals surface area (Å²) in [4.78, 5) is 12.2. The standard InChI is InChI=1S/C19H15Cl2N3O3S/c1-27-18-14(7-6-13-10-22-19(21)23-11-13)8-9-15(24-18)12-28(25,26)17-5-3-2-4-16(17)20/h2-11H,12H2,1H3/b7-6+. The Hall–Kier alpha value is -2.48. The molecule has 0 spiro atoms. The van der Waals surface area contributed by atoms with E-state index in [4.69, 9.17) is 27.9 Å². The van der Waals surface area contributed by atoms with Crippen molar-refractivity contribution in [1.82, 2.24) is 15.0 Å². The second-order valence-corrected chi connectivity index (χ2v) is 8.41. The smallest absolute Gasteiger partial charge is 0.222 e. The number of pyridine rings is 1. The minimum absolute atomic E-state index is 0.0733. The molecule has 0 atom stereocenters. The van der Waals surface area contributed by atoms with E-state index in [1.54, 1.807) is 48.8 Å². The van der Waals surface area contributed by atoms with Crippen molar-refractivity contribution >= 4 is 45.2 Å². The number of rotatable bonds is 6. The summed E-state index contributed by atoms with van der Waals surface area (Å²) in [6.45, 7) is 0. The van der Waals surface area contributed by atoms with Crippen LogP contribution in [0.15, 0.2) is 53.7 Å². The lowest BCUT2D eigenvalue weighted by Crippen LogP contribution is -2.08. The molecule has 2 heterocycles. The van der Waals surface area contributed by atoms with Gasteiger partial charge in [-0.3, -0.25) is 0 Å². The molecular weight excluding hydrogens is 421 g/mol. The fourth-order valence-corrected chi connectivity index (χ4v) is 4.37. The molecule has 3 rings (SSSR count). The Labute approximate surface area is 172 Å². The van der Waals surface area contributed by atoms with Crippen molar-refractivity contribution in [3.63, 3.8) is 0 Å². The first-order chi connectivity index (χ1) is 13.4. The van der Waals surface area contributed by atoms with Gasteiger partial charge in [0, 0.05) is 23.5 Å². The van der Waals surface area contributed by atoms with E-state index in [2.05, 4.69) is 15.0 Å². The van der Waals surface area contributed by atoms with E-state index < -0.39 is 9.84 Å². The zero-order chi connectivity index (χ0) is 20.1. The quantitative estimate of drug-likeness (QED) is 0.535. The maximum absolute atomic E-state index is 12.6. The van der Waals surface area contributed by atoms with E-state index in [1.807, 2.05) is 0 Å². The molecule has 0 unspecified atom stereocenters. The second-order valence-electron chi connectivity index (χ2n) is 5.71. The van der Waals surface area contributed by atoms with Crippen molar-refractivity contribution in [3.05, 3.63) is 75.9 Å². The van der Waals surface area contributed by atoms with Crippen LogP contribution in [-0.4, -0.2) is 30.5 Å². The Kier molecular flexibility index (Phi) is 6.28. The van der Waals surface area contributed by atoms with Crippen molar-refractivity contribution in [2.45, 2.75) is 10.6 Å². The normalized spacial score (nSPS) is 11.7. The molecule has 1 aromatic carbocycles. The Morgan fingerprint density at radius 1 is 1.04 bits per heavy atom. The second kappa shape index (κ2) is 8.68. The highest BCUT2D eigenvalue weighted by Crippen LogP contribution is 2.25. The zero-order valence-electron chi connectivity index (χ0n) is 14.7. The average molecular weight is 436 g/mol. The molecule has 0 aliphatic rings. The molecule has 144 valence electrons. The van der Waals surface area contributed by atoms with Crippen molar-refractivity contribution in [2.75, 3.05) is 7.11 Å². The molecule has 0 bridgehead atoms. The van der Waals surface area contributed by atoms with Crippen molar-refractivity contribution < 1.29 is 13.2 Å². The van der Waals surface area contributed by atoms with Crippen LogP contribution in [0.4, 0.5) is 0 Å². The minimum Gasteiger partial charge on any atom is -0.481 e. The van der Waals surface area contributed by atoms with Crippen molar-refractivity contribution in [3.8, 4) is 5.88 Å². The molecule has 0 saturated carbocycles. The van der Waals surface area contributed by atoms with Crippen molar-refractivity contribution in [1.29, 1.82) is 0 Å². The lowest BCUT2D eigenvalue weighted by molar-refractivity contribution is 0.395. The summed E-state index contributed by atoms with van der Waals surface area (Å²) in [5, 5.41) is 0.347. The topological polar surface area (TPSA) is 82.0 Å². The van der Waals surface area contributed by atoms with Crippen LogP contribution in [0, 0.1) is 0 Å². The van der Waals surface area contributed by atoms with E-state index in [1.165, 1.54) is 19.2 Å². The van der Waals surface area contributed by atoms with E-state index in [0.717, 1.165) is 5.56 Å². The maximum Gasteiger partial charge on any atom is 0.222 e. The highest BCUT2D eigenvalue weighted by molar-refractivity contribution is 7.90. The summed E-state index contributed by atoms with van der Waals surface area (Å²) in [6, 6.07) is 9.68. The molecule has 6 nitrogen and oxygen atoms in total. The van der Waals surface area contributed by atoms with Crippen LogP contribution in [0.25, 0.3) is 12.2 Å². The van der Waals surface area contributed by atoms with Gasteiger partial charge in [-0.15, -0.1) is 0 Å². The third-order valence-electron chi connectivity index (χ3n) is 3.75. The number of halogens is 2. The minimum atomic E-state index is -3.64. The van der Waals surface area contributed by atoms with Gasteiger partial charge in [-0.2, -0.15) is 0 Å². The molecule has 0 aliphatic heterocycles. The van der Waals surface area contributed by atoms with Crippen LogP contribution in [0.1, 0.15) is 16.8 Å². The summed E-state index contributed by atoms with van der Waals surface area (Å²) in [6.07, 6.45) is 6.70. The number of nitrogens with zero attached hydrogens (tertiary/aromatic N) is 3. The van der Waals surface area contributed by atoms with Gasteiger partial charge >= 0.3 is 0 Å². The molecule has 9 heteroatoms.